The molecule has 1 aliphatic heterocycles. The molecule has 6 heteroatoms. The molecule has 1 saturated heterocycles. The zero-order chi connectivity index (χ0) is 21.8. The van der Waals surface area contributed by atoms with Crippen molar-refractivity contribution in [3.8, 4) is 0 Å². The van der Waals surface area contributed by atoms with Crippen molar-refractivity contribution in [1.29, 1.82) is 0 Å². The van der Waals surface area contributed by atoms with Crippen LogP contribution >= 0.6 is 0 Å². The number of aryl methyl sites for hydroxylation is 1. The van der Waals surface area contributed by atoms with Crippen LogP contribution in [0, 0.1) is 25.7 Å². The molecule has 0 aliphatic carbocycles. The number of para-hydroxylation sites is 1. The van der Waals surface area contributed by atoms with E-state index in [9.17, 15) is 14.4 Å². The Bertz CT molecular complexity index is 968. The maximum absolute atomic E-state index is 12.9. The minimum atomic E-state index is -0.468. The van der Waals surface area contributed by atoms with Gasteiger partial charge in [-0.1, -0.05) is 38.1 Å². The van der Waals surface area contributed by atoms with Crippen LogP contribution in [-0.2, 0) is 9.59 Å². The summed E-state index contributed by atoms with van der Waals surface area (Å²) in [6.45, 7) is 8.92. The van der Waals surface area contributed by atoms with Gasteiger partial charge in [0, 0.05) is 25.2 Å². The molecule has 0 radical (unpaired) electrons. The summed E-state index contributed by atoms with van der Waals surface area (Å²) < 4.78 is 0. The lowest BCUT2D eigenvalue weighted by molar-refractivity contribution is -0.122. The van der Waals surface area contributed by atoms with Crippen molar-refractivity contribution < 1.29 is 14.4 Å². The van der Waals surface area contributed by atoms with Gasteiger partial charge in [0.1, 0.15) is 0 Å². The number of nitrogens with one attached hydrogen (secondary N) is 2. The summed E-state index contributed by atoms with van der Waals surface area (Å²) in [5.41, 5.74) is 3.88. The van der Waals surface area contributed by atoms with Gasteiger partial charge >= 0.3 is 0 Å². The normalized spacial score (nSPS) is 16.1. The first-order chi connectivity index (χ1) is 14.3. The van der Waals surface area contributed by atoms with E-state index in [-0.39, 0.29) is 24.1 Å². The van der Waals surface area contributed by atoms with Crippen LogP contribution in [0.25, 0.3) is 0 Å². The molecular formula is C24H29N3O3. The SMILES string of the molecule is Cc1cccc(N2C[C@H](C(=O)Nc3ccccc3C(=O)NCC(C)C)CC2=O)c1C. The van der Waals surface area contributed by atoms with Crippen LogP contribution in [-0.4, -0.2) is 30.8 Å². The second-order valence-electron chi connectivity index (χ2n) is 8.26. The maximum Gasteiger partial charge on any atom is 0.253 e. The Morgan fingerprint density at radius 3 is 2.57 bits per heavy atom. The molecule has 3 rings (SSSR count). The maximum atomic E-state index is 12.9. The summed E-state index contributed by atoms with van der Waals surface area (Å²) in [5, 5.41) is 5.74. The average Bonchev–Trinajstić information content (AvgIpc) is 3.10. The first-order valence-corrected chi connectivity index (χ1v) is 10.3. The van der Waals surface area contributed by atoms with Crippen molar-refractivity contribution in [2.45, 2.75) is 34.1 Å². The Labute approximate surface area is 177 Å². The number of nitrogens with zero attached hydrogens (tertiary/aromatic N) is 1. The number of benzene rings is 2. The Morgan fingerprint density at radius 1 is 1.10 bits per heavy atom. The summed E-state index contributed by atoms with van der Waals surface area (Å²) in [6.07, 6.45) is 0.154. The predicted molar refractivity (Wildman–Crippen MR) is 119 cm³/mol. The molecule has 30 heavy (non-hydrogen) atoms. The molecular weight excluding hydrogens is 378 g/mol. The van der Waals surface area contributed by atoms with Gasteiger partial charge in [-0.15, -0.1) is 0 Å². The fourth-order valence-electron chi connectivity index (χ4n) is 3.56. The van der Waals surface area contributed by atoms with E-state index in [1.165, 1.54) is 0 Å². The second-order valence-corrected chi connectivity index (χ2v) is 8.26. The fourth-order valence-corrected chi connectivity index (χ4v) is 3.56. The van der Waals surface area contributed by atoms with Crippen molar-refractivity contribution in [3.63, 3.8) is 0 Å². The zero-order valence-electron chi connectivity index (χ0n) is 18.0. The van der Waals surface area contributed by atoms with Crippen LogP contribution in [0.1, 0.15) is 41.8 Å². The first-order valence-electron chi connectivity index (χ1n) is 10.3. The van der Waals surface area contributed by atoms with Crippen molar-refractivity contribution in [2.24, 2.45) is 11.8 Å². The Kier molecular flexibility index (Phi) is 6.55. The molecule has 2 aromatic carbocycles. The van der Waals surface area contributed by atoms with Gasteiger partial charge in [-0.05, 0) is 49.1 Å². The molecule has 158 valence electrons. The number of rotatable bonds is 6. The van der Waals surface area contributed by atoms with Crippen LogP contribution < -0.4 is 15.5 Å². The van der Waals surface area contributed by atoms with Crippen LogP contribution in [0.2, 0.25) is 0 Å². The minimum Gasteiger partial charge on any atom is -0.352 e. The van der Waals surface area contributed by atoms with Gasteiger partial charge in [-0.3, -0.25) is 14.4 Å². The number of hydrogen-bond acceptors (Lipinski definition) is 3. The number of carbonyl (C=O) groups is 3. The van der Waals surface area contributed by atoms with Gasteiger partial charge in [-0.25, -0.2) is 0 Å². The Balaban J connectivity index is 1.72. The Hall–Kier alpha value is -3.15. The van der Waals surface area contributed by atoms with Gasteiger partial charge in [0.05, 0.1) is 17.2 Å². The van der Waals surface area contributed by atoms with E-state index in [4.69, 9.17) is 0 Å². The highest BCUT2D eigenvalue weighted by Crippen LogP contribution is 2.30. The highest BCUT2D eigenvalue weighted by atomic mass is 16.2. The molecule has 1 atom stereocenters. The van der Waals surface area contributed by atoms with Gasteiger partial charge in [0.2, 0.25) is 11.8 Å². The van der Waals surface area contributed by atoms with Crippen molar-refractivity contribution in [1.82, 2.24) is 5.32 Å². The quantitative estimate of drug-likeness (QED) is 0.767. The largest absolute Gasteiger partial charge is 0.352 e. The summed E-state index contributed by atoms with van der Waals surface area (Å²) in [7, 11) is 0. The molecule has 2 N–H and O–H groups in total. The van der Waals surface area contributed by atoms with E-state index in [2.05, 4.69) is 10.6 Å². The molecule has 0 spiro atoms. The summed E-state index contributed by atoms with van der Waals surface area (Å²) in [5.74, 6) is -0.674. The van der Waals surface area contributed by atoms with Crippen LogP contribution in [0.3, 0.4) is 0 Å². The molecule has 1 fully saturated rings. The van der Waals surface area contributed by atoms with Crippen molar-refractivity contribution >= 4 is 29.1 Å². The van der Waals surface area contributed by atoms with E-state index in [0.29, 0.717) is 30.3 Å². The fraction of sp³-hybridized carbons (Fsp3) is 0.375. The van der Waals surface area contributed by atoms with Gasteiger partial charge < -0.3 is 15.5 Å². The minimum absolute atomic E-state index is 0.0631. The van der Waals surface area contributed by atoms with E-state index in [1.54, 1.807) is 29.2 Å². The molecule has 0 bridgehead atoms. The first kappa shape index (κ1) is 21.6. The third-order valence-electron chi connectivity index (χ3n) is 5.46. The monoisotopic (exact) mass is 407 g/mol. The highest BCUT2D eigenvalue weighted by molar-refractivity contribution is 6.07. The molecule has 1 aliphatic rings. The van der Waals surface area contributed by atoms with Gasteiger partial charge in [-0.2, -0.15) is 0 Å². The predicted octanol–water partition coefficient (Wildman–Crippen LogP) is 3.68. The van der Waals surface area contributed by atoms with Crippen LogP contribution in [0.5, 0.6) is 0 Å². The molecule has 1 heterocycles. The molecule has 0 aromatic heterocycles. The topological polar surface area (TPSA) is 78.5 Å². The number of hydrogen-bond donors (Lipinski definition) is 2. The van der Waals surface area contributed by atoms with Gasteiger partial charge in [0.25, 0.3) is 5.91 Å². The standard InChI is InChI=1S/C24H29N3O3/c1-15(2)13-25-24(30)19-9-5-6-10-20(19)26-23(29)18-12-22(28)27(14-18)21-11-7-8-16(3)17(21)4/h5-11,15,18H,12-14H2,1-4H3,(H,25,30)(H,26,29)/t18-/m1/s1. The van der Waals surface area contributed by atoms with E-state index in [0.717, 1.165) is 16.8 Å². The highest BCUT2D eigenvalue weighted by Gasteiger charge is 2.36. The molecule has 0 unspecified atom stereocenters. The third-order valence-corrected chi connectivity index (χ3v) is 5.46. The molecule has 2 aromatic rings. The third kappa shape index (κ3) is 4.70. The second kappa shape index (κ2) is 9.11. The van der Waals surface area contributed by atoms with Crippen LogP contribution in [0.15, 0.2) is 42.5 Å². The smallest absolute Gasteiger partial charge is 0.253 e. The Morgan fingerprint density at radius 2 is 1.83 bits per heavy atom. The number of carbonyl (C=O) groups excluding carboxylic acids is 3. The molecule has 6 nitrogen and oxygen atoms in total. The average molecular weight is 408 g/mol. The molecule has 3 amide bonds. The van der Waals surface area contributed by atoms with E-state index in [1.807, 2.05) is 45.9 Å². The van der Waals surface area contributed by atoms with Crippen molar-refractivity contribution in [2.75, 3.05) is 23.3 Å². The number of amides is 3. The lowest BCUT2D eigenvalue weighted by Gasteiger charge is -2.20. The summed E-state index contributed by atoms with van der Waals surface area (Å²) in [4.78, 5) is 39.7. The van der Waals surface area contributed by atoms with E-state index >= 15 is 0 Å². The lowest BCUT2D eigenvalue weighted by Crippen LogP contribution is -2.30. The lowest BCUT2D eigenvalue weighted by atomic mass is 10.1. The number of anilines is 2. The summed E-state index contributed by atoms with van der Waals surface area (Å²) >= 11 is 0. The summed E-state index contributed by atoms with van der Waals surface area (Å²) in [6, 6.07) is 12.8. The van der Waals surface area contributed by atoms with Crippen molar-refractivity contribution in [3.05, 3.63) is 59.2 Å². The van der Waals surface area contributed by atoms with Gasteiger partial charge in [0.15, 0.2) is 0 Å². The zero-order valence-corrected chi connectivity index (χ0v) is 18.0. The van der Waals surface area contributed by atoms with Crippen LogP contribution in [0.4, 0.5) is 11.4 Å². The molecule has 0 saturated carbocycles. The van der Waals surface area contributed by atoms with E-state index < -0.39 is 5.92 Å².